The molecular formula is C5H4MoN. The van der Waals surface area contributed by atoms with E-state index in [-0.39, 0.29) is 0 Å². The summed E-state index contributed by atoms with van der Waals surface area (Å²) < 4.78 is 1.27. The quantitative estimate of drug-likeness (QED) is 0.514. The van der Waals surface area contributed by atoms with Crippen molar-refractivity contribution in [2.75, 3.05) is 0 Å². The van der Waals surface area contributed by atoms with Gasteiger partial charge in [-0.05, 0) is 0 Å². The number of aromatic nitrogens is 1. The molecule has 0 saturated carbocycles. The van der Waals surface area contributed by atoms with Gasteiger partial charge in [0, 0.05) is 0 Å². The second-order valence-corrected chi connectivity index (χ2v) is 2.34. The van der Waals surface area contributed by atoms with Crippen molar-refractivity contribution in [2.24, 2.45) is 0 Å². The van der Waals surface area contributed by atoms with Crippen LogP contribution in [0.1, 0.15) is 0 Å². The van der Waals surface area contributed by atoms with Gasteiger partial charge < -0.3 is 0 Å². The molecule has 0 atom stereocenters. The molecule has 0 aliphatic rings. The summed E-state index contributed by atoms with van der Waals surface area (Å²) in [4.78, 5) is 3.85. The maximum absolute atomic E-state index is 3.85. The summed E-state index contributed by atoms with van der Waals surface area (Å²) in [5.74, 6) is 0. The monoisotopic (exact) mass is 176 g/mol. The first-order valence-electron chi connectivity index (χ1n) is 1.96. The first kappa shape index (κ1) is 4.98. The van der Waals surface area contributed by atoms with E-state index >= 15 is 0 Å². The molecule has 0 fully saturated rings. The third-order valence-corrected chi connectivity index (χ3v) is 1.32. The van der Waals surface area contributed by atoms with Crippen LogP contribution in [-0.4, -0.2) is 4.98 Å². The van der Waals surface area contributed by atoms with E-state index in [0.29, 0.717) is 0 Å². The van der Waals surface area contributed by atoms with Crippen LogP contribution in [0.3, 0.4) is 0 Å². The van der Waals surface area contributed by atoms with Gasteiger partial charge in [-0.15, -0.1) is 0 Å². The predicted molar refractivity (Wildman–Crippen MR) is 23.9 cm³/mol. The molecule has 1 nitrogen and oxygen atoms in total. The van der Waals surface area contributed by atoms with Gasteiger partial charge in [0.2, 0.25) is 0 Å². The van der Waals surface area contributed by atoms with E-state index in [9.17, 15) is 0 Å². The second-order valence-electron chi connectivity index (χ2n) is 1.18. The molecule has 0 unspecified atom stereocenters. The molecule has 0 spiro atoms. The summed E-state index contributed by atoms with van der Waals surface area (Å²) in [7, 11) is 0. The van der Waals surface area contributed by atoms with Crippen molar-refractivity contribution in [1.82, 2.24) is 4.98 Å². The second kappa shape index (κ2) is 2.22. The molecule has 7 heavy (non-hydrogen) atoms. The van der Waals surface area contributed by atoms with E-state index in [1.54, 1.807) is 12.4 Å². The molecule has 0 amide bonds. The van der Waals surface area contributed by atoms with Crippen LogP contribution in [0.15, 0.2) is 24.5 Å². The van der Waals surface area contributed by atoms with Gasteiger partial charge in [0.15, 0.2) is 0 Å². The molecule has 0 saturated heterocycles. The molecule has 1 aromatic rings. The predicted octanol–water partition coefficient (Wildman–Crippen LogP) is 0.254. The Bertz CT molecular complexity index is 138. The van der Waals surface area contributed by atoms with Crippen molar-refractivity contribution in [1.29, 1.82) is 0 Å². The van der Waals surface area contributed by atoms with Gasteiger partial charge in [-0.25, -0.2) is 0 Å². The van der Waals surface area contributed by atoms with Crippen LogP contribution in [0.5, 0.6) is 0 Å². The fourth-order valence-corrected chi connectivity index (χ4v) is 0.637. The fourth-order valence-electron chi connectivity index (χ4n) is 0.338. The molecule has 2 heteroatoms. The zero-order chi connectivity index (χ0) is 5.11. The molecule has 0 aromatic carbocycles. The van der Waals surface area contributed by atoms with Gasteiger partial charge in [0.25, 0.3) is 0 Å². The van der Waals surface area contributed by atoms with Crippen molar-refractivity contribution in [2.45, 2.75) is 0 Å². The summed E-state index contributed by atoms with van der Waals surface area (Å²) in [6, 6.07) is 3.95. The van der Waals surface area contributed by atoms with Crippen molar-refractivity contribution < 1.29 is 19.8 Å². The number of hydrogen-bond acceptors (Lipinski definition) is 1. The Hall–Kier alpha value is -0.162. The van der Waals surface area contributed by atoms with E-state index in [4.69, 9.17) is 0 Å². The maximum atomic E-state index is 3.85. The standard InChI is InChI=1S/C5H4N.Mo/c1-2-4-6-5-3-1;/h2-5H;. The van der Waals surface area contributed by atoms with Gasteiger partial charge in [0.05, 0.1) is 0 Å². The van der Waals surface area contributed by atoms with Gasteiger partial charge in [-0.2, -0.15) is 0 Å². The Morgan fingerprint density at radius 3 is 2.14 bits per heavy atom. The van der Waals surface area contributed by atoms with E-state index in [1.165, 1.54) is 3.95 Å². The minimum atomic E-state index is 1.27. The molecule has 1 aromatic heterocycles. The first-order chi connectivity index (χ1) is 3.39. The van der Waals surface area contributed by atoms with Gasteiger partial charge in [0.1, 0.15) is 0 Å². The van der Waals surface area contributed by atoms with Crippen LogP contribution in [0.2, 0.25) is 0 Å². The summed E-state index contributed by atoms with van der Waals surface area (Å²) in [6.45, 7) is 0. The Kier molecular flexibility index (Phi) is 1.58. The van der Waals surface area contributed by atoms with Crippen molar-refractivity contribution in [3.63, 3.8) is 0 Å². The molecular weight excluding hydrogens is 170 g/mol. The van der Waals surface area contributed by atoms with Crippen LogP contribution in [0, 0.1) is 0 Å². The molecule has 0 radical (unpaired) electrons. The van der Waals surface area contributed by atoms with Crippen molar-refractivity contribution >= 4 is 3.95 Å². The van der Waals surface area contributed by atoms with Crippen LogP contribution in [0.25, 0.3) is 0 Å². The summed E-state index contributed by atoms with van der Waals surface area (Å²) >= 11 is 1.98. The molecule has 1 rings (SSSR count). The Morgan fingerprint density at radius 1 is 1.29 bits per heavy atom. The van der Waals surface area contributed by atoms with Crippen LogP contribution in [-0.2, 0) is 19.8 Å². The normalized spacial score (nSPS) is 8.57. The van der Waals surface area contributed by atoms with Gasteiger partial charge in [-0.1, -0.05) is 0 Å². The average molecular weight is 174 g/mol. The summed E-state index contributed by atoms with van der Waals surface area (Å²) in [5, 5.41) is 0. The van der Waals surface area contributed by atoms with E-state index in [2.05, 4.69) is 4.98 Å². The van der Waals surface area contributed by atoms with Gasteiger partial charge in [-0.3, -0.25) is 0 Å². The number of rotatable bonds is 0. The SMILES string of the molecule is [Mo][c]1ccncc1. The molecule has 0 aliphatic carbocycles. The van der Waals surface area contributed by atoms with E-state index < -0.39 is 0 Å². The Balaban J connectivity index is 3.02. The molecule has 0 N–H and O–H groups in total. The summed E-state index contributed by atoms with van der Waals surface area (Å²) in [5.41, 5.74) is 0. The fraction of sp³-hybridized carbons (Fsp3) is 0. The number of hydrogen-bond donors (Lipinski definition) is 0. The molecule has 35 valence electrons. The van der Waals surface area contributed by atoms with E-state index in [1.807, 2.05) is 31.9 Å². The number of pyridine rings is 1. The first-order valence-corrected chi connectivity index (χ1v) is 2.97. The van der Waals surface area contributed by atoms with Crippen molar-refractivity contribution in [3.05, 3.63) is 24.5 Å². The van der Waals surface area contributed by atoms with Crippen LogP contribution in [0.4, 0.5) is 0 Å². The zero-order valence-corrected chi connectivity index (χ0v) is 5.67. The third kappa shape index (κ3) is 1.40. The summed E-state index contributed by atoms with van der Waals surface area (Å²) in [6.07, 6.45) is 3.58. The Labute approximate surface area is 53.7 Å². The Morgan fingerprint density at radius 2 is 1.86 bits per heavy atom. The van der Waals surface area contributed by atoms with Crippen molar-refractivity contribution in [3.8, 4) is 0 Å². The molecule has 0 aliphatic heterocycles. The topological polar surface area (TPSA) is 12.9 Å². The minimum absolute atomic E-state index is 1.27. The molecule has 1 heterocycles. The van der Waals surface area contributed by atoms with E-state index in [0.717, 1.165) is 0 Å². The molecule has 0 bridgehead atoms. The average Bonchev–Trinajstić information content (AvgIpc) is 1.69. The van der Waals surface area contributed by atoms with Crippen LogP contribution >= 0.6 is 0 Å². The van der Waals surface area contributed by atoms with Gasteiger partial charge >= 0.3 is 53.3 Å². The zero-order valence-electron chi connectivity index (χ0n) is 3.66. The number of nitrogens with zero attached hydrogens (tertiary/aromatic N) is 1. The third-order valence-electron chi connectivity index (χ3n) is 0.650. The van der Waals surface area contributed by atoms with Crippen LogP contribution < -0.4 is 3.95 Å².